The molecule has 2 heterocycles. The third kappa shape index (κ3) is 5.29. The van der Waals surface area contributed by atoms with E-state index in [1.165, 1.54) is 0 Å². The number of anilines is 3. The quantitative estimate of drug-likeness (QED) is 0.176. The lowest BCUT2D eigenvalue weighted by molar-refractivity contribution is 0.619. The van der Waals surface area contributed by atoms with E-state index in [-0.39, 0.29) is 86.6 Å². The summed E-state index contributed by atoms with van der Waals surface area (Å²) in [5.41, 5.74) is 3.36. The number of para-hydroxylation sites is 4. The molecule has 5 nitrogen and oxygen atoms in total. The van der Waals surface area contributed by atoms with Crippen LogP contribution in [-0.2, 0) is 0 Å². The molecule has 0 aliphatic rings. The Morgan fingerprint density at radius 1 is 0.412 bits per heavy atom. The van der Waals surface area contributed by atoms with Crippen LogP contribution in [-0.4, -0.2) is 9.97 Å². The van der Waals surface area contributed by atoms with Gasteiger partial charge >= 0.3 is 0 Å². The third-order valence-corrected chi connectivity index (χ3v) is 8.46. The fraction of sp³-hybridized carbons (Fsp3) is 0. The van der Waals surface area contributed by atoms with Crippen LogP contribution in [0.1, 0.15) is 20.6 Å². The predicted molar refractivity (Wildman–Crippen MR) is 208 cm³/mol. The Kier molecular flexibility index (Phi) is 4.10. The molecule has 0 radical (unpaired) electrons. The number of hydrogen-bond donors (Lipinski definition) is 0. The summed E-state index contributed by atoms with van der Waals surface area (Å²) in [5, 5.41) is 1.14. The number of hydrogen-bond acceptors (Lipinski definition) is 5. The van der Waals surface area contributed by atoms with E-state index < -0.39 is 54.4 Å². The molecule has 0 bridgehead atoms. The van der Waals surface area contributed by atoms with E-state index in [1.807, 2.05) is 47.4 Å². The first-order valence-electron chi connectivity index (χ1n) is 23.3. The number of fused-ring (bicyclic) bond motifs is 4. The molecule has 0 amide bonds. The first-order chi connectivity index (χ1) is 31.5. The minimum absolute atomic E-state index is 0.00439. The Morgan fingerprint density at radius 2 is 0.922 bits per heavy atom. The van der Waals surface area contributed by atoms with E-state index in [2.05, 4.69) is 9.97 Å². The molecule has 10 aromatic rings. The largest absolute Gasteiger partial charge is 0.436 e. The lowest BCUT2D eigenvalue weighted by Crippen LogP contribution is -2.09. The van der Waals surface area contributed by atoms with Crippen molar-refractivity contribution in [2.45, 2.75) is 0 Å². The highest BCUT2D eigenvalue weighted by Gasteiger charge is 2.16. The van der Waals surface area contributed by atoms with Crippen LogP contribution in [0.4, 0.5) is 17.1 Å². The number of aromatic nitrogens is 2. The Hall–Kier alpha value is -6.98. The SMILES string of the molecule is [2H]c1c([2H])c([2H])c2oc(-c3ccc(N(c4ccc(-c5nc6c([2H])c([2H])c([2H])c([2H])c6o5)cc4)c4ccc5cc(-c6c([2H])c([2H])c7c([2H])c([2H])c([2H])c([2H])c7c6[2H])ccc5c4)cc3)nc2c1[2H]. The maximum absolute atomic E-state index is 9.03. The molecule has 51 heavy (non-hydrogen) atoms. The lowest BCUT2D eigenvalue weighted by Gasteiger charge is -2.26. The summed E-state index contributed by atoms with van der Waals surface area (Å²) < 4.78 is 137. The second kappa shape index (κ2) is 11.9. The first-order valence-corrected chi connectivity index (χ1v) is 15.8. The third-order valence-electron chi connectivity index (χ3n) is 8.46. The van der Waals surface area contributed by atoms with E-state index in [4.69, 9.17) is 29.4 Å². The second-order valence-corrected chi connectivity index (χ2v) is 11.6. The average molecular weight is 671 g/mol. The van der Waals surface area contributed by atoms with Crippen molar-refractivity contribution in [2.24, 2.45) is 0 Å². The van der Waals surface area contributed by atoms with Crippen LogP contribution >= 0.6 is 0 Å². The van der Waals surface area contributed by atoms with Crippen LogP contribution in [0.2, 0.25) is 0 Å². The van der Waals surface area contributed by atoms with Gasteiger partial charge in [-0.3, -0.25) is 0 Å². The molecule has 240 valence electrons. The van der Waals surface area contributed by atoms with Gasteiger partial charge in [0.05, 0.1) is 20.6 Å². The summed E-state index contributed by atoms with van der Waals surface area (Å²) >= 11 is 0. The molecular weight excluding hydrogens is 627 g/mol. The highest BCUT2D eigenvalue weighted by atomic mass is 16.4. The van der Waals surface area contributed by atoms with Crippen LogP contribution in [0.3, 0.4) is 0 Å². The zero-order chi connectivity index (χ0) is 46.8. The summed E-state index contributed by atoms with van der Waals surface area (Å²) in [6, 6.07) is 19.0. The van der Waals surface area contributed by atoms with Gasteiger partial charge in [0.25, 0.3) is 0 Å². The van der Waals surface area contributed by atoms with Crippen LogP contribution in [0.5, 0.6) is 0 Å². The van der Waals surface area contributed by atoms with Crippen LogP contribution < -0.4 is 4.90 Å². The summed E-state index contributed by atoms with van der Waals surface area (Å²) in [6.07, 6.45) is 0. The van der Waals surface area contributed by atoms with Crippen LogP contribution in [0.15, 0.2) is 184 Å². The molecule has 0 N–H and O–H groups in total. The highest BCUT2D eigenvalue weighted by Crippen LogP contribution is 2.39. The topological polar surface area (TPSA) is 55.3 Å². The summed E-state index contributed by atoms with van der Waals surface area (Å²) in [5.74, 6) is 0.189. The number of nitrogens with zero attached hydrogens (tertiary/aromatic N) is 3. The maximum atomic E-state index is 9.03. The molecule has 8 aromatic carbocycles. The van der Waals surface area contributed by atoms with Gasteiger partial charge in [-0.05, 0) is 130 Å². The van der Waals surface area contributed by atoms with E-state index in [0.717, 1.165) is 5.39 Å². The Labute approximate surface area is 314 Å². The Bertz CT molecular complexity index is 3490. The lowest BCUT2D eigenvalue weighted by atomic mass is 9.98. The van der Waals surface area contributed by atoms with Crippen molar-refractivity contribution in [3.63, 3.8) is 0 Å². The van der Waals surface area contributed by atoms with Gasteiger partial charge in [-0.2, -0.15) is 0 Å². The first kappa shape index (κ1) is 17.6. The van der Waals surface area contributed by atoms with Gasteiger partial charge < -0.3 is 13.7 Å². The molecule has 0 aliphatic carbocycles. The zero-order valence-electron chi connectivity index (χ0n) is 41.2. The summed E-state index contributed by atoms with van der Waals surface area (Å²) in [4.78, 5) is 10.7. The fourth-order valence-corrected chi connectivity index (χ4v) is 5.99. The van der Waals surface area contributed by atoms with Gasteiger partial charge in [-0.1, -0.05) is 78.6 Å². The molecule has 5 heteroatoms. The van der Waals surface area contributed by atoms with Crippen LogP contribution in [0, 0.1) is 0 Å². The van der Waals surface area contributed by atoms with Crippen molar-refractivity contribution in [2.75, 3.05) is 4.90 Å². The number of rotatable bonds is 6. The second-order valence-electron chi connectivity index (χ2n) is 11.6. The summed E-state index contributed by atoms with van der Waals surface area (Å²) in [7, 11) is 0. The Morgan fingerprint density at radius 3 is 1.57 bits per heavy atom. The monoisotopic (exact) mass is 670 g/mol. The van der Waals surface area contributed by atoms with Gasteiger partial charge in [-0.25, -0.2) is 9.97 Å². The van der Waals surface area contributed by atoms with Gasteiger partial charge in [0.2, 0.25) is 11.8 Å². The zero-order valence-corrected chi connectivity index (χ0v) is 26.2. The molecule has 0 saturated carbocycles. The number of benzene rings is 8. The molecular formula is C46H29N3O2. The highest BCUT2D eigenvalue weighted by molar-refractivity contribution is 5.94. The van der Waals surface area contributed by atoms with Crippen molar-refractivity contribution >= 4 is 60.8 Å². The molecule has 0 fully saturated rings. The van der Waals surface area contributed by atoms with Gasteiger partial charge in [-0.15, -0.1) is 0 Å². The maximum Gasteiger partial charge on any atom is 0.227 e. The number of oxazole rings is 2. The molecule has 0 spiro atoms. The minimum Gasteiger partial charge on any atom is -0.436 e. The van der Waals surface area contributed by atoms with Gasteiger partial charge in [0.1, 0.15) is 11.0 Å². The molecule has 0 atom stereocenters. The standard InChI is InChI=1S/C46H29N3O2/c1-2-8-33-27-34(14-13-30(33)7-1)35-15-16-37-29-40(26-21-36(37)28-35)49(38-22-17-31(18-23-38)45-47-41-9-3-5-11-43(41)50-45)39-24-19-32(20-25-39)46-48-42-10-4-6-12-44(42)51-46/h1-29H/i1D,2D,3D,4D,5D,6D,7D,8D,9D,10D,11D,12D,13D,14D,27D. The minimum atomic E-state index is -0.541. The van der Waals surface area contributed by atoms with Crippen molar-refractivity contribution < 1.29 is 29.4 Å². The van der Waals surface area contributed by atoms with E-state index in [9.17, 15) is 0 Å². The van der Waals surface area contributed by atoms with E-state index >= 15 is 0 Å². The molecule has 2 aromatic heterocycles. The van der Waals surface area contributed by atoms with Gasteiger partial charge in [0.15, 0.2) is 11.2 Å². The van der Waals surface area contributed by atoms with Crippen molar-refractivity contribution in [3.8, 4) is 34.0 Å². The fourth-order valence-electron chi connectivity index (χ4n) is 5.99. The molecule has 0 aliphatic heterocycles. The molecule has 10 rings (SSSR count). The Balaban J connectivity index is 1.07. The van der Waals surface area contributed by atoms with Crippen molar-refractivity contribution in [1.82, 2.24) is 9.97 Å². The van der Waals surface area contributed by atoms with Gasteiger partial charge in [0, 0.05) is 28.2 Å². The smallest absolute Gasteiger partial charge is 0.227 e. The van der Waals surface area contributed by atoms with Crippen molar-refractivity contribution in [1.29, 1.82) is 0 Å². The van der Waals surface area contributed by atoms with Crippen LogP contribution in [0.25, 0.3) is 77.8 Å². The van der Waals surface area contributed by atoms with Crippen molar-refractivity contribution in [3.05, 3.63) is 176 Å². The average Bonchev–Trinajstić information content (AvgIpc) is 3.99. The van der Waals surface area contributed by atoms with E-state index in [0.29, 0.717) is 39.1 Å². The molecule has 0 unspecified atom stereocenters. The predicted octanol–water partition coefficient (Wildman–Crippen LogP) is 12.7. The molecule has 0 saturated heterocycles. The van der Waals surface area contributed by atoms with E-state index in [1.54, 1.807) is 42.5 Å². The normalized spacial score (nSPS) is 15.6. The summed E-state index contributed by atoms with van der Waals surface area (Å²) in [6.45, 7) is 0.